The molecule has 2 aromatic carbocycles. The molecule has 2 N–H and O–H groups in total. The summed E-state index contributed by atoms with van der Waals surface area (Å²) in [5, 5.41) is 13.5. The highest BCUT2D eigenvalue weighted by molar-refractivity contribution is 5.81. The van der Waals surface area contributed by atoms with Gasteiger partial charge in [0.25, 0.3) is 0 Å². The monoisotopic (exact) mass is 410 g/mol. The molecule has 158 valence electrons. The lowest BCUT2D eigenvalue weighted by Crippen LogP contribution is -2.44. The topological polar surface area (TPSA) is 61.8 Å². The first kappa shape index (κ1) is 19.5. The first-order valence-electron chi connectivity index (χ1n) is 10.8. The van der Waals surface area contributed by atoms with Crippen molar-refractivity contribution >= 4 is 11.6 Å². The van der Waals surface area contributed by atoms with Crippen molar-refractivity contribution in [1.29, 1.82) is 0 Å². The van der Waals surface area contributed by atoms with Crippen molar-refractivity contribution in [3.05, 3.63) is 53.8 Å². The molecule has 6 heteroatoms. The molecule has 3 atom stereocenters. The van der Waals surface area contributed by atoms with Crippen LogP contribution in [0.1, 0.15) is 30.9 Å². The molecule has 3 heterocycles. The van der Waals surface area contributed by atoms with Gasteiger partial charge in [0.1, 0.15) is 5.82 Å². The zero-order valence-corrected chi connectivity index (χ0v) is 16.9. The lowest BCUT2D eigenvalue weighted by Gasteiger charge is -2.40. The standard InChI is InChI=1S/C24H27FN2O3/c25-18-4-1-15(2-5-18)17-3-6-21-20(13-17)23-19(22(14-28)26-21)7-10-27(23)24(29)16-8-11-30-12-9-16/h1-6,13,16,19,22-23,26,28H,7-12,14H2/t19-,22+,23-/m1/s1. The van der Waals surface area contributed by atoms with Gasteiger partial charge in [0.15, 0.2) is 0 Å². The highest BCUT2D eigenvalue weighted by atomic mass is 19.1. The Labute approximate surface area is 175 Å². The van der Waals surface area contributed by atoms with Gasteiger partial charge in [0, 0.05) is 37.3 Å². The number of nitrogens with one attached hydrogen (secondary N) is 1. The number of likely N-dealkylation sites (tertiary alicyclic amines) is 1. The predicted molar refractivity (Wildman–Crippen MR) is 112 cm³/mol. The van der Waals surface area contributed by atoms with Crippen LogP contribution in [0.5, 0.6) is 0 Å². The Morgan fingerprint density at radius 2 is 1.83 bits per heavy atom. The number of carbonyl (C=O) groups is 1. The summed E-state index contributed by atoms with van der Waals surface area (Å²) < 4.78 is 18.8. The van der Waals surface area contributed by atoms with Crippen LogP contribution < -0.4 is 5.32 Å². The fourth-order valence-electron chi connectivity index (χ4n) is 5.31. The predicted octanol–water partition coefficient (Wildman–Crippen LogP) is 3.60. The van der Waals surface area contributed by atoms with E-state index in [0.29, 0.717) is 19.8 Å². The number of amides is 1. The van der Waals surface area contributed by atoms with E-state index in [2.05, 4.69) is 11.4 Å². The van der Waals surface area contributed by atoms with Crippen LogP contribution in [0.15, 0.2) is 42.5 Å². The number of hydrogen-bond acceptors (Lipinski definition) is 4. The van der Waals surface area contributed by atoms with E-state index in [4.69, 9.17) is 4.74 Å². The summed E-state index contributed by atoms with van der Waals surface area (Å²) in [4.78, 5) is 15.4. The molecule has 2 aromatic rings. The Balaban J connectivity index is 1.52. The van der Waals surface area contributed by atoms with Gasteiger partial charge in [0.05, 0.1) is 18.7 Å². The van der Waals surface area contributed by atoms with Crippen LogP contribution >= 0.6 is 0 Å². The fraction of sp³-hybridized carbons (Fsp3) is 0.458. The van der Waals surface area contributed by atoms with E-state index in [9.17, 15) is 14.3 Å². The first-order chi connectivity index (χ1) is 14.7. The fourth-order valence-corrected chi connectivity index (χ4v) is 5.31. The number of benzene rings is 2. The van der Waals surface area contributed by atoms with E-state index in [-0.39, 0.29) is 42.3 Å². The number of aliphatic hydroxyl groups excluding tert-OH is 1. The van der Waals surface area contributed by atoms with E-state index >= 15 is 0 Å². The Morgan fingerprint density at radius 1 is 1.10 bits per heavy atom. The molecule has 5 nitrogen and oxygen atoms in total. The number of nitrogens with zero attached hydrogens (tertiary/aromatic N) is 1. The van der Waals surface area contributed by atoms with Gasteiger partial charge in [-0.15, -0.1) is 0 Å². The van der Waals surface area contributed by atoms with Gasteiger partial charge in [-0.2, -0.15) is 0 Å². The molecule has 3 aliphatic heterocycles. The normalized spacial score (nSPS) is 26.1. The van der Waals surface area contributed by atoms with Crippen molar-refractivity contribution in [2.75, 3.05) is 31.7 Å². The van der Waals surface area contributed by atoms with Gasteiger partial charge < -0.3 is 20.1 Å². The molecule has 2 fully saturated rings. The summed E-state index contributed by atoms with van der Waals surface area (Å²) in [6.45, 7) is 2.04. The smallest absolute Gasteiger partial charge is 0.226 e. The van der Waals surface area contributed by atoms with E-state index in [1.165, 1.54) is 12.1 Å². The van der Waals surface area contributed by atoms with Crippen molar-refractivity contribution in [2.45, 2.75) is 31.3 Å². The average Bonchev–Trinajstić information content (AvgIpc) is 3.24. The zero-order valence-electron chi connectivity index (χ0n) is 16.9. The van der Waals surface area contributed by atoms with Gasteiger partial charge in [-0.3, -0.25) is 4.79 Å². The summed E-state index contributed by atoms with van der Waals surface area (Å²) in [7, 11) is 0. The minimum Gasteiger partial charge on any atom is -0.394 e. The summed E-state index contributed by atoms with van der Waals surface area (Å²) in [6.07, 6.45) is 2.42. The Hall–Kier alpha value is -2.44. The van der Waals surface area contributed by atoms with Crippen LogP contribution in [-0.2, 0) is 9.53 Å². The number of fused-ring (bicyclic) bond motifs is 3. The van der Waals surface area contributed by atoms with Crippen molar-refractivity contribution in [3.63, 3.8) is 0 Å². The van der Waals surface area contributed by atoms with E-state index < -0.39 is 0 Å². The molecule has 5 rings (SSSR count). The molecule has 30 heavy (non-hydrogen) atoms. The molecule has 0 spiro atoms. The number of ether oxygens (including phenoxy) is 1. The maximum absolute atomic E-state index is 13.4. The third kappa shape index (κ3) is 3.38. The average molecular weight is 410 g/mol. The Morgan fingerprint density at radius 3 is 2.57 bits per heavy atom. The highest BCUT2D eigenvalue weighted by Gasteiger charge is 2.46. The largest absolute Gasteiger partial charge is 0.394 e. The summed E-state index contributed by atoms with van der Waals surface area (Å²) >= 11 is 0. The number of rotatable bonds is 3. The van der Waals surface area contributed by atoms with Crippen LogP contribution in [-0.4, -0.2) is 48.3 Å². The molecule has 0 unspecified atom stereocenters. The SMILES string of the molecule is O=C(C1CCOCC1)N1CC[C@@H]2[C@H](CO)Nc3ccc(-c4ccc(F)cc4)cc3[C@@H]21. The quantitative estimate of drug-likeness (QED) is 0.812. The van der Waals surface area contributed by atoms with Gasteiger partial charge in [-0.1, -0.05) is 18.2 Å². The van der Waals surface area contributed by atoms with Crippen LogP contribution in [0.4, 0.5) is 10.1 Å². The van der Waals surface area contributed by atoms with Gasteiger partial charge in [-0.05, 0) is 60.2 Å². The van der Waals surface area contributed by atoms with Gasteiger partial charge in [-0.25, -0.2) is 4.39 Å². The molecule has 0 aromatic heterocycles. The lowest BCUT2D eigenvalue weighted by molar-refractivity contribution is -0.140. The van der Waals surface area contributed by atoms with E-state index in [1.54, 1.807) is 12.1 Å². The summed E-state index contributed by atoms with van der Waals surface area (Å²) in [5.41, 5.74) is 4.00. The highest BCUT2D eigenvalue weighted by Crippen LogP contribution is 2.48. The summed E-state index contributed by atoms with van der Waals surface area (Å²) in [5.74, 6) is 0.147. The maximum Gasteiger partial charge on any atom is 0.226 e. The minimum atomic E-state index is -0.256. The van der Waals surface area contributed by atoms with Crippen LogP contribution in [0.25, 0.3) is 11.1 Å². The number of carbonyl (C=O) groups excluding carboxylic acids is 1. The first-order valence-corrected chi connectivity index (χ1v) is 10.8. The molecular formula is C24H27FN2O3. The van der Waals surface area contributed by atoms with Gasteiger partial charge >= 0.3 is 0 Å². The molecule has 1 amide bonds. The lowest BCUT2D eigenvalue weighted by atomic mass is 9.82. The van der Waals surface area contributed by atoms with Crippen LogP contribution in [0.3, 0.4) is 0 Å². The number of aliphatic hydroxyl groups is 1. The van der Waals surface area contributed by atoms with Crippen molar-refractivity contribution in [2.24, 2.45) is 11.8 Å². The van der Waals surface area contributed by atoms with Crippen molar-refractivity contribution in [3.8, 4) is 11.1 Å². The summed E-state index contributed by atoms with van der Waals surface area (Å²) in [6, 6.07) is 12.5. The van der Waals surface area contributed by atoms with E-state index in [0.717, 1.165) is 41.6 Å². The molecule has 0 radical (unpaired) electrons. The molecular weight excluding hydrogens is 383 g/mol. The second-order valence-corrected chi connectivity index (χ2v) is 8.56. The molecule has 0 bridgehead atoms. The van der Waals surface area contributed by atoms with Crippen molar-refractivity contribution in [1.82, 2.24) is 4.90 Å². The Bertz CT molecular complexity index is 927. The Kier molecular flexibility index (Phi) is 5.21. The zero-order chi connectivity index (χ0) is 20.7. The molecule has 3 aliphatic rings. The van der Waals surface area contributed by atoms with Gasteiger partial charge in [0.2, 0.25) is 5.91 Å². The second kappa shape index (κ2) is 8.00. The molecule has 2 saturated heterocycles. The number of anilines is 1. The number of hydrogen-bond donors (Lipinski definition) is 2. The van der Waals surface area contributed by atoms with Crippen LogP contribution in [0, 0.1) is 17.7 Å². The number of halogens is 1. The third-order valence-electron chi connectivity index (χ3n) is 6.90. The molecule has 0 aliphatic carbocycles. The maximum atomic E-state index is 13.4. The molecule has 0 saturated carbocycles. The third-order valence-corrected chi connectivity index (χ3v) is 6.90. The van der Waals surface area contributed by atoms with Crippen molar-refractivity contribution < 1.29 is 19.0 Å². The van der Waals surface area contributed by atoms with Crippen LogP contribution in [0.2, 0.25) is 0 Å². The second-order valence-electron chi connectivity index (χ2n) is 8.56. The van der Waals surface area contributed by atoms with E-state index in [1.807, 2.05) is 17.0 Å². The minimum absolute atomic E-state index is 0.0173.